The number of nitrogens with zero attached hydrogens (tertiary/aromatic N) is 1. The van der Waals surface area contributed by atoms with Crippen molar-refractivity contribution in [2.24, 2.45) is 0 Å². The van der Waals surface area contributed by atoms with Crippen molar-refractivity contribution in [1.29, 1.82) is 0 Å². The standard InChI is InChI=1S/C24H27N3O3S2/c1-18-7-9-21(10-8-18)26-32(29,30)22-12-16-31-23(22)24(28)25-13-4-14-27-15-11-19-5-2-3-6-20(19)17-27/h2-3,5-10,12,16,26H,4,11,13-15,17H2,1H3,(H,25,28). The van der Waals surface area contributed by atoms with E-state index >= 15 is 0 Å². The minimum absolute atomic E-state index is 0.00760. The van der Waals surface area contributed by atoms with Crippen LogP contribution in [0.3, 0.4) is 0 Å². The van der Waals surface area contributed by atoms with Gasteiger partial charge in [-0.3, -0.25) is 14.4 Å². The van der Waals surface area contributed by atoms with E-state index in [2.05, 4.69) is 39.2 Å². The second-order valence-corrected chi connectivity index (χ2v) is 10.6. The van der Waals surface area contributed by atoms with Gasteiger partial charge in [0.1, 0.15) is 9.77 Å². The number of amides is 1. The van der Waals surface area contributed by atoms with Crippen molar-refractivity contribution in [3.63, 3.8) is 0 Å². The summed E-state index contributed by atoms with van der Waals surface area (Å²) in [5.74, 6) is -0.353. The predicted octanol–water partition coefficient (Wildman–Crippen LogP) is 4.04. The first-order chi connectivity index (χ1) is 15.4. The molecule has 32 heavy (non-hydrogen) atoms. The maximum Gasteiger partial charge on any atom is 0.263 e. The van der Waals surface area contributed by atoms with E-state index in [0.29, 0.717) is 12.2 Å². The summed E-state index contributed by atoms with van der Waals surface area (Å²) in [6.07, 6.45) is 1.86. The van der Waals surface area contributed by atoms with Gasteiger partial charge < -0.3 is 5.32 Å². The van der Waals surface area contributed by atoms with E-state index in [1.165, 1.54) is 17.2 Å². The average Bonchev–Trinajstić information content (AvgIpc) is 3.29. The molecular formula is C24H27N3O3S2. The third kappa shape index (κ3) is 5.38. The molecule has 1 aliphatic rings. The quantitative estimate of drug-likeness (QED) is 0.488. The van der Waals surface area contributed by atoms with Crippen LogP contribution in [0.25, 0.3) is 0 Å². The number of sulfonamides is 1. The van der Waals surface area contributed by atoms with Gasteiger partial charge in [0.05, 0.1) is 0 Å². The first-order valence-corrected chi connectivity index (χ1v) is 13.0. The lowest BCUT2D eigenvalue weighted by atomic mass is 10.00. The van der Waals surface area contributed by atoms with Crippen LogP contribution in [-0.4, -0.2) is 38.9 Å². The van der Waals surface area contributed by atoms with Crippen LogP contribution in [0.4, 0.5) is 5.69 Å². The molecule has 2 N–H and O–H groups in total. The number of benzene rings is 2. The monoisotopic (exact) mass is 469 g/mol. The number of rotatable bonds is 8. The van der Waals surface area contributed by atoms with Crippen LogP contribution >= 0.6 is 11.3 Å². The lowest BCUT2D eigenvalue weighted by Gasteiger charge is -2.28. The van der Waals surface area contributed by atoms with Crippen molar-refractivity contribution in [3.05, 3.63) is 81.5 Å². The number of nitrogens with one attached hydrogen (secondary N) is 2. The number of hydrogen-bond donors (Lipinski definition) is 2. The molecule has 0 fully saturated rings. The van der Waals surface area contributed by atoms with Gasteiger partial charge in [0.25, 0.3) is 15.9 Å². The Bertz CT molecular complexity index is 1190. The van der Waals surface area contributed by atoms with Gasteiger partial charge in [0, 0.05) is 31.9 Å². The molecular weight excluding hydrogens is 442 g/mol. The lowest BCUT2D eigenvalue weighted by molar-refractivity contribution is 0.0952. The fourth-order valence-corrected chi connectivity index (χ4v) is 6.24. The first kappa shape index (κ1) is 22.5. The smallest absolute Gasteiger partial charge is 0.263 e. The highest BCUT2D eigenvalue weighted by Crippen LogP contribution is 2.25. The normalized spacial score (nSPS) is 14.0. The molecule has 1 aromatic heterocycles. The molecule has 0 aliphatic carbocycles. The zero-order valence-corrected chi connectivity index (χ0v) is 19.6. The van der Waals surface area contributed by atoms with E-state index in [4.69, 9.17) is 0 Å². The molecule has 168 valence electrons. The summed E-state index contributed by atoms with van der Waals surface area (Å²) in [5.41, 5.74) is 4.30. The molecule has 6 nitrogen and oxygen atoms in total. The van der Waals surface area contributed by atoms with Gasteiger partial charge in [0.15, 0.2) is 0 Å². The molecule has 0 bridgehead atoms. The lowest BCUT2D eigenvalue weighted by Crippen LogP contribution is -2.33. The molecule has 2 heterocycles. The van der Waals surface area contributed by atoms with E-state index in [1.54, 1.807) is 17.5 Å². The number of thiophene rings is 1. The Kier molecular flexibility index (Phi) is 6.93. The molecule has 8 heteroatoms. The van der Waals surface area contributed by atoms with Crippen molar-refractivity contribution >= 4 is 33.0 Å². The highest BCUT2D eigenvalue weighted by atomic mass is 32.2. The van der Waals surface area contributed by atoms with Crippen molar-refractivity contribution in [1.82, 2.24) is 10.2 Å². The zero-order valence-electron chi connectivity index (χ0n) is 18.0. The number of aryl methyl sites for hydroxylation is 1. The molecule has 2 aromatic carbocycles. The van der Waals surface area contributed by atoms with Gasteiger partial charge in [-0.1, -0.05) is 42.0 Å². The highest BCUT2D eigenvalue weighted by molar-refractivity contribution is 7.93. The van der Waals surface area contributed by atoms with Crippen molar-refractivity contribution in [3.8, 4) is 0 Å². The molecule has 0 saturated carbocycles. The van der Waals surface area contributed by atoms with Crippen LogP contribution in [0, 0.1) is 6.92 Å². The van der Waals surface area contributed by atoms with Gasteiger partial charge in [-0.25, -0.2) is 8.42 Å². The Labute approximate surface area is 193 Å². The summed E-state index contributed by atoms with van der Waals surface area (Å²) in [7, 11) is -3.84. The Balaban J connectivity index is 1.30. The van der Waals surface area contributed by atoms with E-state index in [-0.39, 0.29) is 15.7 Å². The van der Waals surface area contributed by atoms with Crippen molar-refractivity contribution < 1.29 is 13.2 Å². The molecule has 3 aromatic rings. The number of anilines is 1. The van der Waals surface area contributed by atoms with Crippen molar-refractivity contribution in [2.75, 3.05) is 24.4 Å². The summed E-state index contributed by atoms with van der Waals surface area (Å²) in [5, 5.41) is 4.51. The minimum Gasteiger partial charge on any atom is -0.351 e. The third-order valence-corrected chi connectivity index (χ3v) is 8.04. The molecule has 1 amide bonds. The van der Waals surface area contributed by atoms with E-state index in [9.17, 15) is 13.2 Å². The summed E-state index contributed by atoms with van der Waals surface area (Å²) in [6, 6.07) is 17.1. The fourth-order valence-electron chi connectivity index (χ4n) is 3.84. The molecule has 1 aliphatic heterocycles. The van der Waals surface area contributed by atoms with Gasteiger partial charge in [-0.15, -0.1) is 11.3 Å². The Morgan fingerprint density at radius 1 is 1.06 bits per heavy atom. The molecule has 0 unspecified atom stereocenters. The third-order valence-electron chi connectivity index (χ3n) is 5.58. The van der Waals surface area contributed by atoms with Gasteiger partial charge in [0.2, 0.25) is 0 Å². The highest BCUT2D eigenvalue weighted by Gasteiger charge is 2.24. The van der Waals surface area contributed by atoms with Crippen LogP contribution in [0.5, 0.6) is 0 Å². The second-order valence-electron chi connectivity index (χ2n) is 7.99. The van der Waals surface area contributed by atoms with E-state index in [1.807, 2.05) is 19.1 Å². The molecule has 4 rings (SSSR count). The molecule has 0 saturated heterocycles. The maximum atomic E-state index is 12.8. The van der Waals surface area contributed by atoms with Crippen molar-refractivity contribution in [2.45, 2.75) is 31.2 Å². The predicted molar refractivity (Wildman–Crippen MR) is 129 cm³/mol. The first-order valence-electron chi connectivity index (χ1n) is 10.7. The van der Waals surface area contributed by atoms with Crippen LogP contribution in [0.2, 0.25) is 0 Å². The average molecular weight is 470 g/mol. The van der Waals surface area contributed by atoms with E-state index in [0.717, 1.165) is 49.4 Å². The summed E-state index contributed by atoms with van der Waals surface area (Å²) < 4.78 is 28.2. The van der Waals surface area contributed by atoms with Crippen LogP contribution in [0.1, 0.15) is 32.8 Å². The van der Waals surface area contributed by atoms with E-state index < -0.39 is 10.0 Å². The Hall–Kier alpha value is -2.68. The van der Waals surface area contributed by atoms with Gasteiger partial charge in [-0.2, -0.15) is 0 Å². The maximum absolute atomic E-state index is 12.8. The van der Waals surface area contributed by atoms with Crippen LogP contribution < -0.4 is 10.0 Å². The fraction of sp³-hybridized carbons (Fsp3) is 0.292. The largest absolute Gasteiger partial charge is 0.351 e. The second kappa shape index (κ2) is 9.85. The molecule has 0 spiro atoms. The summed E-state index contributed by atoms with van der Waals surface area (Å²) >= 11 is 1.13. The number of fused-ring (bicyclic) bond motifs is 1. The van der Waals surface area contributed by atoms with Crippen LogP contribution in [0.15, 0.2) is 64.9 Å². The number of carbonyl (C=O) groups is 1. The Morgan fingerprint density at radius 2 is 1.81 bits per heavy atom. The SMILES string of the molecule is Cc1ccc(NS(=O)(=O)c2ccsc2C(=O)NCCCN2CCc3ccccc3C2)cc1. The van der Waals surface area contributed by atoms with Gasteiger partial charge in [-0.05, 0) is 54.5 Å². The topological polar surface area (TPSA) is 78.5 Å². The molecule has 0 radical (unpaired) electrons. The zero-order chi connectivity index (χ0) is 22.6. The minimum atomic E-state index is -3.84. The Morgan fingerprint density at radius 3 is 2.59 bits per heavy atom. The molecule has 0 atom stereocenters. The summed E-state index contributed by atoms with van der Waals surface area (Å²) in [4.78, 5) is 15.3. The number of carbonyl (C=O) groups excluding carboxylic acids is 1. The van der Waals surface area contributed by atoms with Crippen LogP contribution in [-0.2, 0) is 23.0 Å². The number of hydrogen-bond acceptors (Lipinski definition) is 5. The summed E-state index contributed by atoms with van der Waals surface area (Å²) in [6.45, 7) is 5.27. The van der Waals surface area contributed by atoms with Gasteiger partial charge >= 0.3 is 0 Å².